The zero-order valence-electron chi connectivity index (χ0n) is 8.07. The van der Waals surface area contributed by atoms with E-state index in [1.807, 2.05) is 6.07 Å². The molecule has 1 aromatic rings. The summed E-state index contributed by atoms with van der Waals surface area (Å²) >= 11 is 2.97. The highest BCUT2D eigenvalue weighted by Gasteiger charge is 2.17. The molecule has 0 saturated carbocycles. The first-order valence-corrected chi connectivity index (χ1v) is 6.56. The minimum Gasteiger partial charge on any atom is -0.210 e. The van der Waals surface area contributed by atoms with E-state index in [2.05, 4.69) is 20.7 Å². The summed E-state index contributed by atoms with van der Waals surface area (Å²) in [5.41, 5.74) is 0. The predicted octanol–water partition coefficient (Wildman–Crippen LogP) is 1.78. The molecule has 0 amide bonds. The van der Waals surface area contributed by atoms with E-state index in [-0.39, 0.29) is 22.3 Å². The molecule has 0 fully saturated rings. The molecule has 0 aliphatic carbocycles. The van der Waals surface area contributed by atoms with Crippen LogP contribution >= 0.6 is 15.9 Å². The summed E-state index contributed by atoms with van der Waals surface area (Å²) in [6, 6.07) is 5.11. The predicted molar refractivity (Wildman–Crippen MR) is 59.5 cm³/mol. The fraction of sp³-hybridized carbons (Fsp3) is 0.222. The number of hydrogen-bond acceptors (Lipinski definition) is 3. The van der Waals surface area contributed by atoms with Gasteiger partial charge in [0.15, 0.2) is 0 Å². The van der Waals surface area contributed by atoms with Crippen LogP contribution in [0.2, 0.25) is 0 Å². The highest BCUT2D eigenvalue weighted by molar-refractivity contribution is 9.10. The molecule has 86 valence electrons. The topological polar surface area (TPSA) is 70.0 Å². The molecule has 0 heterocycles. The molecule has 0 aromatic heterocycles. The van der Waals surface area contributed by atoms with Crippen LogP contribution < -0.4 is 4.72 Å². The Hall–Kier alpha value is -0.970. The highest BCUT2D eigenvalue weighted by Crippen LogP contribution is 2.22. The minimum atomic E-state index is -3.69. The Morgan fingerprint density at radius 1 is 1.50 bits per heavy atom. The lowest BCUT2D eigenvalue weighted by Gasteiger charge is -2.06. The number of nitrogens with zero attached hydrogens (tertiary/aromatic N) is 1. The standard InChI is InChI=1S/C9H8BrFN2O2S/c10-8-6-7(11)2-3-9(8)16(14,15)13-5-1-4-12/h2-3,6,13H,1,5H2. The van der Waals surface area contributed by atoms with E-state index in [1.54, 1.807) is 0 Å². The van der Waals surface area contributed by atoms with Crippen molar-refractivity contribution in [3.8, 4) is 6.07 Å². The molecule has 0 spiro atoms. The molecule has 7 heteroatoms. The molecular formula is C9H8BrFN2O2S. The van der Waals surface area contributed by atoms with Crippen LogP contribution in [0.3, 0.4) is 0 Å². The molecule has 0 unspecified atom stereocenters. The molecule has 1 rings (SSSR count). The van der Waals surface area contributed by atoms with Crippen molar-refractivity contribution >= 4 is 26.0 Å². The van der Waals surface area contributed by atoms with Crippen LogP contribution in [-0.4, -0.2) is 15.0 Å². The molecule has 4 nitrogen and oxygen atoms in total. The van der Waals surface area contributed by atoms with E-state index in [0.717, 1.165) is 18.2 Å². The molecule has 1 N–H and O–H groups in total. The van der Waals surface area contributed by atoms with Crippen molar-refractivity contribution < 1.29 is 12.8 Å². The zero-order valence-corrected chi connectivity index (χ0v) is 10.5. The van der Waals surface area contributed by atoms with Crippen molar-refractivity contribution in [2.45, 2.75) is 11.3 Å². The summed E-state index contributed by atoms with van der Waals surface area (Å²) < 4.78 is 38.5. The van der Waals surface area contributed by atoms with Crippen LogP contribution in [0.5, 0.6) is 0 Å². The summed E-state index contributed by atoms with van der Waals surface area (Å²) in [6.45, 7) is 0.0304. The SMILES string of the molecule is N#CCCNS(=O)(=O)c1ccc(F)cc1Br. The van der Waals surface area contributed by atoms with Gasteiger partial charge in [-0.25, -0.2) is 17.5 Å². The van der Waals surface area contributed by atoms with Crippen molar-refractivity contribution in [3.63, 3.8) is 0 Å². The van der Waals surface area contributed by atoms with Gasteiger partial charge in [0.2, 0.25) is 10.0 Å². The Morgan fingerprint density at radius 3 is 2.75 bits per heavy atom. The Labute approximate surface area is 101 Å². The maximum atomic E-state index is 12.8. The summed E-state index contributed by atoms with van der Waals surface area (Å²) in [5, 5.41) is 8.28. The van der Waals surface area contributed by atoms with Crippen molar-refractivity contribution in [3.05, 3.63) is 28.5 Å². The second-order valence-corrected chi connectivity index (χ2v) is 5.47. The average Bonchev–Trinajstić information content (AvgIpc) is 2.17. The van der Waals surface area contributed by atoms with Crippen LogP contribution in [-0.2, 0) is 10.0 Å². The Kier molecular flexibility index (Phi) is 4.41. The third-order valence-electron chi connectivity index (χ3n) is 1.71. The van der Waals surface area contributed by atoms with E-state index in [0.29, 0.717) is 0 Å². The van der Waals surface area contributed by atoms with Gasteiger partial charge in [0.05, 0.1) is 11.0 Å². The second kappa shape index (κ2) is 5.39. The Bertz CT molecular complexity index is 525. The van der Waals surface area contributed by atoms with E-state index >= 15 is 0 Å². The summed E-state index contributed by atoms with van der Waals surface area (Å²) in [5.74, 6) is -0.525. The second-order valence-electron chi connectivity index (χ2n) is 2.88. The lowest BCUT2D eigenvalue weighted by molar-refractivity contribution is 0.580. The summed E-state index contributed by atoms with van der Waals surface area (Å²) in [6.07, 6.45) is 0.0814. The number of sulfonamides is 1. The van der Waals surface area contributed by atoms with Crippen LogP contribution in [0.25, 0.3) is 0 Å². The quantitative estimate of drug-likeness (QED) is 0.862. The molecule has 1 aromatic carbocycles. The van der Waals surface area contributed by atoms with Gasteiger partial charge in [0, 0.05) is 17.4 Å². The molecule has 0 bridgehead atoms. The first kappa shape index (κ1) is 13.1. The normalized spacial score (nSPS) is 11.1. The smallest absolute Gasteiger partial charge is 0.210 e. The van der Waals surface area contributed by atoms with E-state index < -0.39 is 15.8 Å². The maximum Gasteiger partial charge on any atom is 0.241 e. The van der Waals surface area contributed by atoms with Gasteiger partial charge in [0.1, 0.15) is 5.82 Å². The van der Waals surface area contributed by atoms with Gasteiger partial charge in [-0.05, 0) is 34.1 Å². The molecule has 16 heavy (non-hydrogen) atoms. The van der Waals surface area contributed by atoms with Gasteiger partial charge < -0.3 is 0 Å². The number of benzene rings is 1. The molecule has 0 aliphatic rings. The van der Waals surface area contributed by atoms with Gasteiger partial charge in [-0.3, -0.25) is 0 Å². The first-order chi connectivity index (χ1) is 7.47. The molecular weight excluding hydrogens is 299 g/mol. The van der Waals surface area contributed by atoms with E-state index in [9.17, 15) is 12.8 Å². The lowest BCUT2D eigenvalue weighted by Crippen LogP contribution is -2.24. The summed E-state index contributed by atoms with van der Waals surface area (Å²) in [4.78, 5) is -0.0492. The summed E-state index contributed by atoms with van der Waals surface area (Å²) in [7, 11) is -3.69. The third kappa shape index (κ3) is 3.27. The number of halogens is 2. The van der Waals surface area contributed by atoms with E-state index in [4.69, 9.17) is 5.26 Å². The monoisotopic (exact) mass is 306 g/mol. The largest absolute Gasteiger partial charge is 0.241 e. The van der Waals surface area contributed by atoms with Crippen LogP contribution in [0.15, 0.2) is 27.6 Å². The number of rotatable bonds is 4. The van der Waals surface area contributed by atoms with Gasteiger partial charge >= 0.3 is 0 Å². The van der Waals surface area contributed by atoms with Gasteiger partial charge in [-0.15, -0.1) is 0 Å². The van der Waals surface area contributed by atoms with Gasteiger partial charge in [-0.2, -0.15) is 5.26 Å². The zero-order chi connectivity index (χ0) is 12.2. The van der Waals surface area contributed by atoms with Gasteiger partial charge in [-0.1, -0.05) is 0 Å². The number of nitrogens with one attached hydrogen (secondary N) is 1. The molecule has 0 atom stereocenters. The minimum absolute atomic E-state index is 0.0304. The van der Waals surface area contributed by atoms with E-state index in [1.165, 1.54) is 0 Å². The Morgan fingerprint density at radius 2 is 2.19 bits per heavy atom. The molecule has 0 radical (unpaired) electrons. The van der Waals surface area contributed by atoms with Crippen molar-refractivity contribution in [1.82, 2.24) is 4.72 Å². The number of nitriles is 1. The first-order valence-electron chi connectivity index (χ1n) is 4.29. The van der Waals surface area contributed by atoms with Crippen molar-refractivity contribution in [1.29, 1.82) is 5.26 Å². The highest BCUT2D eigenvalue weighted by atomic mass is 79.9. The lowest BCUT2D eigenvalue weighted by atomic mass is 10.3. The fourth-order valence-corrected chi connectivity index (χ4v) is 3.09. The van der Waals surface area contributed by atoms with Crippen LogP contribution in [0.1, 0.15) is 6.42 Å². The third-order valence-corrected chi connectivity index (χ3v) is 4.15. The molecule has 0 saturated heterocycles. The number of hydrogen-bond donors (Lipinski definition) is 1. The van der Waals surface area contributed by atoms with Crippen LogP contribution in [0, 0.1) is 17.1 Å². The van der Waals surface area contributed by atoms with Crippen LogP contribution in [0.4, 0.5) is 4.39 Å². The fourth-order valence-electron chi connectivity index (χ4n) is 1.01. The molecule has 0 aliphatic heterocycles. The van der Waals surface area contributed by atoms with Crippen molar-refractivity contribution in [2.75, 3.05) is 6.54 Å². The average molecular weight is 307 g/mol. The maximum absolute atomic E-state index is 12.8. The van der Waals surface area contributed by atoms with Crippen molar-refractivity contribution in [2.24, 2.45) is 0 Å². The Balaban J connectivity index is 2.95. The van der Waals surface area contributed by atoms with Gasteiger partial charge in [0.25, 0.3) is 0 Å².